The Morgan fingerprint density at radius 3 is 1.43 bits per heavy atom. The molecule has 11 rings (SSSR count). The van der Waals surface area contributed by atoms with Crippen molar-refractivity contribution in [1.29, 1.82) is 0 Å². The molecule has 2 aliphatic rings. The SMILES string of the molecule is O=P1(c2ccccc2)N(c2ccccc2)c2ccc(-c3cccc(-c4cccc(-c5ccc6c7c(cccc57)-c5ccccc5-6)c4)c3)cc2N1c1ccccc1. The van der Waals surface area contributed by atoms with Crippen LogP contribution in [-0.2, 0) is 4.57 Å². The molecule has 0 N–H and O–H groups in total. The van der Waals surface area contributed by atoms with Crippen molar-refractivity contribution in [3.63, 3.8) is 0 Å². The van der Waals surface area contributed by atoms with Gasteiger partial charge in [-0.15, -0.1) is 0 Å². The first kappa shape index (κ1) is 32.5. The molecule has 0 spiro atoms. The lowest BCUT2D eigenvalue weighted by molar-refractivity contribution is 0.582. The summed E-state index contributed by atoms with van der Waals surface area (Å²) in [5, 5.41) is 3.39. The van der Waals surface area contributed by atoms with Gasteiger partial charge in [-0.3, -0.25) is 13.9 Å². The number of hydrogen-bond donors (Lipinski definition) is 0. The van der Waals surface area contributed by atoms with Crippen molar-refractivity contribution in [3.05, 3.63) is 212 Å². The maximum Gasteiger partial charge on any atom is 0.301 e. The lowest BCUT2D eigenvalue weighted by atomic mass is 9.92. The van der Waals surface area contributed by atoms with Gasteiger partial charge in [-0.2, -0.15) is 0 Å². The summed E-state index contributed by atoms with van der Waals surface area (Å²) in [5.41, 5.74) is 15.7. The Labute approximate surface area is 326 Å². The molecule has 264 valence electrons. The Balaban J connectivity index is 1.02. The molecule has 56 heavy (non-hydrogen) atoms. The maximum atomic E-state index is 16.0. The second kappa shape index (κ2) is 12.8. The predicted molar refractivity (Wildman–Crippen MR) is 236 cm³/mol. The van der Waals surface area contributed by atoms with E-state index in [1.54, 1.807) is 0 Å². The van der Waals surface area contributed by atoms with Crippen LogP contribution in [0.4, 0.5) is 22.7 Å². The fourth-order valence-corrected chi connectivity index (χ4v) is 11.8. The first-order valence-electron chi connectivity index (χ1n) is 19.0. The number of nitrogens with zero attached hydrogens (tertiary/aromatic N) is 2. The van der Waals surface area contributed by atoms with E-state index in [4.69, 9.17) is 0 Å². The highest BCUT2D eigenvalue weighted by molar-refractivity contribution is 7.76. The minimum absolute atomic E-state index is 0.775. The van der Waals surface area contributed by atoms with Crippen molar-refractivity contribution in [1.82, 2.24) is 0 Å². The molecule has 9 aromatic carbocycles. The fraction of sp³-hybridized carbons (Fsp3) is 0. The molecule has 3 nitrogen and oxygen atoms in total. The zero-order valence-electron chi connectivity index (χ0n) is 30.5. The molecular formula is C52H35N2OP. The predicted octanol–water partition coefficient (Wildman–Crippen LogP) is 14.3. The number of fused-ring (bicyclic) bond motifs is 4. The van der Waals surface area contributed by atoms with Gasteiger partial charge in [0.05, 0.1) is 16.7 Å². The molecule has 0 bridgehead atoms. The van der Waals surface area contributed by atoms with E-state index in [-0.39, 0.29) is 0 Å². The molecule has 1 aliphatic carbocycles. The molecule has 1 atom stereocenters. The second-order valence-corrected chi connectivity index (χ2v) is 16.9. The van der Waals surface area contributed by atoms with Crippen molar-refractivity contribution >= 4 is 46.3 Å². The quantitative estimate of drug-likeness (QED) is 0.159. The number of benzene rings is 9. The van der Waals surface area contributed by atoms with E-state index in [0.717, 1.165) is 50.3 Å². The maximum absolute atomic E-state index is 16.0. The minimum Gasteiger partial charge on any atom is -0.270 e. The van der Waals surface area contributed by atoms with Crippen LogP contribution in [-0.4, -0.2) is 0 Å². The van der Waals surface area contributed by atoms with Gasteiger partial charge in [-0.1, -0.05) is 152 Å². The van der Waals surface area contributed by atoms with Crippen molar-refractivity contribution in [2.75, 3.05) is 9.34 Å². The summed E-state index contributed by atoms with van der Waals surface area (Å²) in [4.78, 5) is 0. The van der Waals surface area contributed by atoms with Crippen molar-refractivity contribution in [2.24, 2.45) is 0 Å². The van der Waals surface area contributed by atoms with E-state index in [0.29, 0.717) is 0 Å². The van der Waals surface area contributed by atoms with Crippen LogP contribution >= 0.6 is 7.44 Å². The first-order valence-corrected chi connectivity index (χ1v) is 20.7. The molecule has 0 aromatic heterocycles. The highest BCUT2D eigenvalue weighted by atomic mass is 31.2. The molecule has 0 saturated carbocycles. The lowest BCUT2D eigenvalue weighted by Crippen LogP contribution is -2.26. The molecule has 0 fully saturated rings. The Morgan fingerprint density at radius 1 is 0.321 bits per heavy atom. The van der Waals surface area contributed by atoms with Crippen LogP contribution in [0, 0.1) is 0 Å². The molecule has 0 amide bonds. The zero-order chi connectivity index (χ0) is 37.2. The summed E-state index contributed by atoms with van der Waals surface area (Å²) in [6, 6.07) is 74.3. The van der Waals surface area contributed by atoms with Crippen LogP contribution in [0.15, 0.2) is 212 Å². The molecular weight excluding hydrogens is 700 g/mol. The van der Waals surface area contributed by atoms with E-state index < -0.39 is 7.44 Å². The first-order chi connectivity index (χ1) is 27.7. The average Bonchev–Trinajstić information content (AvgIpc) is 3.74. The summed E-state index contributed by atoms with van der Waals surface area (Å²) in [6.45, 7) is 0. The summed E-state index contributed by atoms with van der Waals surface area (Å²) in [6.07, 6.45) is 0. The van der Waals surface area contributed by atoms with Gasteiger partial charge in [0, 0.05) is 11.4 Å². The third-order valence-corrected chi connectivity index (χ3v) is 14.3. The van der Waals surface area contributed by atoms with Gasteiger partial charge in [-0.25, -0.2) is 0 Å². The number of hydrogen-bond acceptors (Lipinski definition) is 1. The molecule has 9 aromatic rings. The summed E-state index contributed by atoms with van der Waals surface area (Å²) in [5.74, 6) is 0. The molecule has 1 unspecified atom stereocenters. The lowest BCUT2D eigenvalue weighted by Gasteiger charge is -2.33. The number of anilines is 4. The minimum atomic E-state index is -3.44. The average molecular weight is 735 g/mol. The summed E-state index contributed by atoms with van der Waals surface area (Å²) in [7, 11) is -3.44. The van der Waals surface area contributed by atoms with Gasteiger partial charge in [0.25, 0.3) is 0 Å². The van der Waals surface area contributed by atoms with Gasteiger partial charge in [-0.05, 0) is 127 Å². The van der Waals surface area contributed by atoms with Gasteiger partial charge in [0.1, 0.15) is 0 Å². The molecule has 0 saturated heterocycles. The van der Waals surface area contributed by atoms with Gasteiger partial charge < -0.3 is 0 Å². The van der Waals surface area contributed by atoms with Gasteiger partial charge in [0.15, 0.2) is 0 Å². The smallest absolute Gasteiger partial charge is 0.270 e. The summed E-state index contributed by atoms with van der Waals surface area (Å²) < 4.78 is 20.1. The third kappa shape index (κ3) is 4.95. The standard InChI is InChI=1S/C52H35N2OP/c55-56(43-23-8-3-9-24-43)53(41-19-4-1-5-20-41)50-32-29-39(35-51(50)54(56)42-21-6-2-7-22-42)37-16-12-15-36(33-37)38-17-13-18-40(34-38)44-30-31-49-46-26-11-10-25-45(46)48-28-14-27-47(44)52(48)49/h1-35H. The molecule has 0 radical (unpaired) electrons. The monoisotopic (exact) mass is 734 g/mol. The van der Waals surface area contributed by atoms with Gasteiger partial charge >= 0.3 is 7.44 Å². The molecule has 4 heteroatoms. The second-order valence-electron chi connectivity index (χ2n) is 14.5. The zero-order valence-corrected chi connectivity index (χ0v) is 31.4. The van der Waals surface area contributed by atoms with Crippen molar-refractivity contribution in [3.8, 4) is 55.6 Å². The Bertz CT molecular complexity index is 2990. The topological polar surface area (TPSA) is 23.6 Å². The van der Waals surface area contributed by atoms with E-state index in [2.05, 4.69) is 143 Å². The largest absolute Gasteiger partial charge is 0.301 e. The van der Waals surface area contributed by atoms with E-state index in [9.17, 15) is 0 Å². The van der Waals surface area contributed by atoms with Crippen LogP contribution < -0.4 is 14.6 Å². The normalized spacial score (nSPS) is 15.2. The van der Waals surface area contributed by atoms with E-state index in [1.165, 1.54) is 44.2 Å². The Hall–Kier alpha value is -6.93. The fourth-order valence-electron chi connectivity index (χ4n) is 8.82. The van der Waals surface area contributed by atoms with Crippen LogP contribution in [0.1, 0.15) is 0 Å². The highest BCUT2D eigenvalue weighted by Crippen LogP contribution is 2.70. The van der Waals surface area contributed by atoms with Crippen LogP contribution in [0.3, 0.4) is 0 Å². The molecule has 1 aliphatic heterocycles. The number of para-hydroxylation sites is 2. The van der Waals surface area contributed by atoms with Crippen molar-refractivity contribution < 1.29 is 4.57 Å². The summed E-state index contributed by atoms with van der Waals surface area (Å²) >= 11 is 0. The Kier molecular flexibility index (Phi) is 7.45. The number of rotatable bonds is 6. The van der Waals surface area contributed by atoms with Crippen LogP contribution in [0.25, 0.3) is 66.4 Å². The van der Waals surface area contributed by atoms with Crippen molar-refractivity contribution in [2.45, 2.75) is 0 Å². The van der Waals surface area contributed by atoms with Crippen LogP contribution in [0.5, 0.6) is 0 Å². The van der Waals surface area contributed by atoms with E-state index >= 15 is 4.57 Å². The van der Waals surface area contributed by atoms with Gasteiger partial charge in [0.2, 0.25) is 0 Å². The van der Waals surface area contributed by atoms with E-state index in [1.807, 2.05) is 78.9 Å². The van der Waals surface area contributed by atoms with Crippen LogP contribution in [0.2, 0.25) is 0 Å². The molecule has 1 heterocycles. The Morgan fingerprint density at radius 2 is 0.786 bits per heavy atom. The highest BCUT2D eigenvalue weighted by Gasteiger charge is 2.49. The third-order valence-electron chi connectivity index (χ3n) is 11.3.